The summed E-state index contributed by atoms with van der Waals surface area (Å²) in [6, 6.07) is 15.7. The summed E-state index contributed by atoms with van der Waals surface area (Å²) in [6.45, 7) is 6.92. The highest BCUT2D eigenvalue weighted by molar-refractivity contribution is 7.72. The van der Waals surface area contributed by atoms with Crippen LogP contribution >= 0.6 is 15.2 Å². The third-order valence-corrected chi connectivity index (χ3v) is 11.3. The van der Waals surface area contributed by atoms with Crippen LogP contribution in [0, 0.1) is 0 Å². The molecule has 35 heavy (non-hydrogen) atoms. The number of benzene rings is 3. The summed E-state index contributed by atoms with van der Waals surface area (Å²) in [6.07, 6.45) is 0. The first-order chi connectivity index (χ1) is 16.9. The van der Waals surface area contributed by atoms with Gasteiger partial charge in [0.25, 0.3) is 0 Å². The van der Waals surface area contributed by atoms with Gasteiger partial charge in [-0.1, -0.05) is 48.5 Å². The highest BCUT2D eigenvalue weighted by atomic mass is 31.2. The van der Waals surface area contributed by atoms with Gasteiger partial charge >= 0.3 is 15.2 Å². The first kappa shape index (κ1) is 25.8. The standard InChI is InChI=1S/C24H29N3O6P2/c1-5-30-34(28,31-6-2)24(35(29,32-7-3)33-8-4)23-25-21-19-15-11-9-13-17(19)18-14-10-12-16-20(18)22(21)26-27-23/h9-16,24H,5-8H2,1-4H3. The van der Waals surface area contributed by atoms with Crippen LogP contribution < -0.4 is 0 Å². The molecule has 186 valence electrons. The molecule has 0 aliphatic heterocycles. The number of hydrogen-bond donors (Lipinski definition) is 0. The molecule has 0 aliphatic rings. The van der Waals surface area contributed by atoms with E-state index in [9.17, 15) is 9.13 Å². The summed E-state index contributed by atoms with van der Waals surface area (Å²) < 4.78 is 50.4. The topological polar surface area (TPSA) is 110 Å². The van der Waals surface area contributed by atoms with Crippen LogP contribution in [0.1, 0.15) is 38.9 Å². The number of rotatable bonds is 11. The average molecular weight is 517 g/mol. The highest BCUT2D eigenvalue weighted by Crippen LogP contribution is 2.78. The van der Waals surface area contributed by atoms with Crippen molar-refractivity contribution in [1.29, 1.82) is 0 Å². The Morgan fingerprint density at radius 3 is 1.46 bits per heavy atom. The first-order valence-electron chi connectivity index (χ1n) is 11.6. The van der Waals surface area contributed by atoms with Gasteiger partial charge in [-0.2, -0.15) is 0 Å². The van der Waals surface area contributed by atoms with Gasteiger partial charge in [-0.05, 0) is 38.5 Å². The predicted molar refractivity (Wildman–Crippen MR) is 137 cm³/mol. The van der Waals surface area contributed by atoms with E-state index in [1.165, 1.54) is 0 Å². The van der Waals surface area contributed by atoms with Crippen LogP contribution in [0.25, 0.3) is 32.6 Å². The monoisotopic (exact) mass is 517 g/mol. The Bertz CT molecular complexity index is 1360. The Labute approximate surface area is 204 Å². The van der Waals surface area contributed by atoms with Gasteiger partial charge in [0.1, 0.15) is 11.0 Å². The fourth-order valence-electron chi connectivity index (χ4n) is 4.20. The van der Waals surface area contributed by atoms with Gasteiger partial charge in [-0.3, -0.25) is 9.13 Å². The van der Waals surface area contributed by atoms with Crippen LogP contribution in [0.5, 0.6) is 0 Å². The molecule has 0 fully saturated rings. The number of nitrogens with zero attached hydrogens (tertiary/aromatic N) is 3. The van der Waals surface area contributed by atoms with Crippen LogP contribution in [-0.2, 0) is 27.2 Å². The Kier molecular flexibility index (Phi) is 7.96. The normalized spacial score (nSPS) is 12.8. The second-order valence-electron chi connectivity index (χ2n) is 7.58. The van der Waals surface area contributed by atoms with E-state index >= 15 is 0 Å². The molecular weight excluding hydrogens is 488 g/mol. The molecule has 0 saturated carbocycles. The van der Waals surface area contributed by atoms with Crippen LogP contribution in [0.4, 0.5) is 0 Å². The first-order valence-corrected chi connectivity index (χ1v) is 14.9. The molecule has 0 radical (unpaired) electrons. The van der Waals surface area contributed by atoms with Crippen molar-refractivity contribution in [2.45, 2.75) is 33.1 Å². The maximum atomic E-state index is 14.0. The summed E-state index contributed by atoms with van der Waals surface area (Å²) in [7, 11) is -8.19. The zero-order chi connectivity index (χ0) is 25.1. The summed E-state index contributed by atoms with van der Waals surface area (Å²) in [5.74, 6) is -0.0756. The van der Waals surface area contributed by atoms with Gasteiger partial charge in [-0.25, -0.2) is 4.98 Å². The average Bonchev–Trinajstić information content (AvgIpc) is 2.85. The van der Waals surface area contributed by atoms with E-state index in [1.54, 1.807) is 27.7 Å². The lowest BCUT2D eigenvalue weighted by Gasteiger charge is -2.30. The largest absolute Gasteiger partial charge is 0.353 e. The zero-order valence-corrected chi connectivity index (χ0v) is 22.0. The molecule has 0 bridgehead atoms. The molecular formula is C24H29N3O6P2. The fourth-order valence-corrected chi connectivity index (χ4v) is 9.32. The quantitative estimate of drug-likeness (QED) is 0.156. The van der Waals surface area contributed by atoms with Crippen LogP contribution in [0.15, 0.2) is 48.5 Å². The molecule has 0 N–H and O–H groups in total. The van der Waals surface area contributed by atoms with Gasteiger partial charge in [0.2, 0.25) is 5.40 Å². The van der Waals surface area contributed by atoms with E-state index in [0.29, 0.717) is 11.0 Å². The lowest BCUT2D eigenvalue weighted by atomic mass is 10.00. The minimum Gasteiger partial charge on any atom is -0.308 e. The van der Waals surface area contributed by atoms with Gasteiger partial charge in [0, 0.05) is 10.8 Å². The molecule has 4 aromatic rings. The van der Waals surface area contributed by atoms with Crippen molar-refractivity contribution >= 4 is 47.8 Å². The Morgan fingerprint density at radius 1 is 0.629 bits per heavy atom. The van der Waals surface area contributed by atoms with E-state index in [4.69, 9.17) is 23.1 Å². The van der Waals surface area contributed by atoms with Crippen molar-refractivity contribution in [2.75, 3.05) is 26.4 Å². The Hall–Kier alpha value is -2.25. The second kappa shape index (κ2) is 10.8. The van der Waals surface area contributed by atoms with Crippen molar-refractivity contribution in [3.05, 3.63) is 54.4 Å². The summed E-state index contributed by atoms with van der Waals surface area (Å²) in [5.41, 5.74) is 1.11. The Balaban J connectivity index is 2.06. The third kappa shape index (κ3) is 4.77. The van der Waals surface area contributed by atoms with Gasteiger partial charge in [0.15, 0.2) is 5.82 Å². The zero-order valence-electron chi connectivity index (χ0n) is 20.2. The number of hydrogen-bond acceptors (Lipinski definition) is 9. The van der Waals surface area contributed by atoms with Crippen molar-refractivity contribution in [1.82, 2.24) is 15.2 Å². The maximum absolute atomic E-state index is 14.0. The molecule has 4 rings (SSSR count). The molecule has 1 heterocycles. The fraction of sp³-hybridized carbons (Fsp3) is 0.375. The molecule has 3 aromatic carbocycles. The van der Waals surface area contributed by atoms with E-state index in [0.717, 1.165) is 21.5 Å². The minimum atomic E-state index is -4.10. The van der Waals surface area contributed by atoms with Crippen molar-refractivity contribution in [3.8, 4) is 0 Å². The molecule has 0 atom stereocenters. The SMILES string of the molecule is CCOP(=O)(OCC)C(c1nnc2c3ccccc3c3ccccc3c2n1)P(=O)(OCC)OCC. The van der Waals surface area contributed by atoms with Crippen molar-refractivity contribution in [3.63, 3.8) is 0 Å². The molecule has 0 spiro atoms. The molecule has 9 nitrogen and oxygen atoms in total. The molecule has 1 aromatic heterocycles. The Morgan fingerprint density at radius 2 is 1.03 bits per heavy atom. The van der Waals surface area contributed by atoms with Crippen molar-refractivity contribution in [2.24, 2.45) is 0 Å². The predicted octanol–water partition coefficient (Wildman–Crippen LogP) is 6.86. The summed E-state index contributed by atoms with van der Waals surface area (Å²) in [4.78, 5) is 4.78. The van der Waals surface area contributed by atoms with Crippen LogP contribution in [-0.4, -0.2) is 41.6 Å². The molecule has 11 heteroatoms. The lowest BCUT2D eigenvalue weighted by Crippen LogP contribution is -2.15. The minimum absolute atomic E-state index is 0.0562. The van der Waals surface area contributed by atoms with Crippen LogP contribution in [0.3, 0.4) is 0 Å². The number of fused-ring (bicyclic) bond motifs is 6. The van der Waals surface area contributed by atoms with Gasteiger partial charge in [0.05, 0.1) is 26.4 Å². The summed E-state index contributed by atoms with van der Waals surface area (Å²) >= 11 is 0. The van der Waals surface area contributed by atoms with E-state index in [-0.39, 0.29) is 32.3 Å². The van der Waals surface area contributed by atoms with E-state index in [1.807, 2.05) is 48.5 Å². The maximum Gasteiger partial charge on any atom is 0.353 e. The third-order valence-electron chi connectivity index (χ3n) is 5.42. The molecule has 0 amide bonds. The molecule has 0 aliphatic carbocycles. The van der Waals surface area contributed by atoms with E-state index < -0.39 is 20.6 Å². The number of aromatic nitrogens is 3. The molecule has 0 unspecified atom stereocenters. The second-order valence-corrected chi connectivity index (χ2v) is 12.2. The van der Waals surface area contributed by atoms with Crippen molar-refractivity contribution < 1.29 is 27.2 Å². The van der Waals surface area contributed by atoms with E-state index in [2.05, 4.69) is 10.2 Å². The summed E-state index contributed by atoms with van der Waals surface area (Å²) in [5, 5.41) is 11.0. The van der Waals surface area contributed by atoms with Gasteiger partial charge in [-0.15, -0.1) is 10.2 Å². The van der Waals surface area contributed by atoms with Crippen LogP contribution in [0.2, 0.25) is 0 Å². The lowest BCUT2D eigenvalue weighted by molar-refractivity contribution is 0.194. The highest BCUT2D eigenvalue weighted by Gasteiger charge is 2.54. The van der Waals surface area contributed by atoms with Gasteiger partial charge < -0.3 is 18.1 Å². The molecule has 0 saturated heterocycles. The smallest absolute Gasteiger partial charge is 0.308 e.